The van der Waals surface area contributed by atoms with Gasteiger partial charge in [-0.1, -0.05) is 27.7 Å². The minimum absolute atomic E-state index is 0. The van der Waals surface area contributed by atoms with Crippen LogP contribution in [0.1, 0.15) is 40.5 Å². The maximum atomic E-state index is 10.3. The van der Waals surface area contributed by atoms with Crippen molar-refractivity contribution in [2.45, 2.75) is 40.5 Å². The van der Waals surface area contributed by atoms with E-state index in [0.717, 1.165) is 6.42 Å². The predicted octanol–water partition coefficient (Wildman–Crippen LogP) is 2.15. The van der Waals surface area contributed by atoms with Crippen LogP contribution in [0.5, 0.6) is 0 Å². The van der Waals surface area contributed by atoms with Crippen molar-refractivity contribution in [3.63, 3.8) is 0 Å². The smallest absolute Gasteiger partial charge is 0.303 e. The van der Waals surface area contributed by atoms with Crippen LogP contribution in [0.2, 0.25) is 0 Å². The summed E-state index contributed by atoms with van der Waals surface area (Å²) in [5.41, 5.74) is 0.245. The number of carbonyl (C=O) groups is 1. The molecule has 1 atom stereocenters. The zero-order valence-electron chi connectivity index (χ0n) is 8.85. The van der Waals surface area contributed by atoms with Gasteiger partial charge in [-0.2, -0.15) is 0 Å². The second kappa shape index (κ2) is 6.54. The fraction of sp³-hybridized carbons (Fsp3) is 0.889. The van der Waals surface area contributed by atoms with Gasteiger partial charge in [0.2, 0.25) is 0 Å². The van der Waals surface area contributed by atoms with E-state index in [4.69, 9.17) is 5.11 Å². The van der Waals surface area contributed by atoms with Gasteiger partial charge in [0.15, 0.2) is 0 Å². The Labute approximate surface area is 118 Å². The zero-order valence-corrected chi connectivity index (χ0v) is 12.0. The summed E-state index contributed by atoms with van der Waals surface area (Å²) in [6, 6.07) is 0. The first-order chi connectivity index (χ1) is 4.81. The SMILES string of the molecule is CC(CC(=O)O)CC(C)(C)C.[K]. The zero-order chi connectivity index (χ0) is 9.07. The van der Waals surface area contributed by atoms with Gasteiger partial charge in [0, 0.05) is 57.8 Å². The topological polar surface area (TPSA) is 37.3 Å². The fourth-order valence-corrected chi connectivity index (χ4v) is 1.42. The van der Waals surface area contributed by atoms with E-state index in [0.29, 0.717) is 0 Å². The third-order valence-corrected chi connectivity index (χ3v) is 1.48. The predicted molar refractivity (Wildman–Crippen MR) is 51.2 cm³/mol. The second-order valence-corrected chi connectivity index (χ2v) is 4.47. The van der Waals surface area contributed by atoms with Crippen LogP contribution < -0.4 is 0 Å². The van der Waals surface area contributed by atoms with Gasteiger partial charge in [-0.25, -0.2) is 0 Å². The van der Waals surface area contributed by atoms with E-state index < -0.39 is 5.97 Å². The van der Waals surface area contributed by atoms with Gasteiger partial charge < -0.3 is 5.11 Å². The first kappa shape index (κ1) is 15.6. The van der Waals surface area contributed by atoms with Crippen molar-refractivity contribution >= 4 is 57.4 Å². The Hall–Kier alpha value is 1.11. The summed E-state index contributed by atoms with van der Waals surface area (Å²) in [7, 11) is 0. The van der Waals surface area contributed by atoms with Crippen molar-refractivity contribution in [2.75, 3.05) is 0 Å². The molecule has 0 aliphatic heterocycles. The summed E-state index contributed by atoms with van der Waals surface area (Å²) >= 11 is 0. The summed E-state index contributed by atoms with van der Waals surface area (Å²) in [6.07, 6.45) is 1.26. The van der Waals surface area contributed by atoms with Crippen LogP contribution in [0.3, 0.4) is 0 Å². The third-order valence-electron chi connectivity index (χ3n) is 1.48. The Bertz CT molecular complexity index is 138. The molecule has 12 heavy (non-hydrogen) atoms. The van der Waals surface area contributed by atoms with E-state index >= 15 is 0 Å². The standard InChI is InChI=1S/C9H18O2.K/c1-7(5-8(10)11)6-9(2,3)4;/h7H,5-6H2,1-4H3,(H,10,11);. The van der Waals surface area contributed by atoms with Crippen molar-refractivity contribution in [1.29, 1.82) is 0 Å². The van der Waals surface area contributed by atoms with Crippen molar-refractivity contribution < 1.29 is 9.90 Å². The van der Waals surface area contributed by atoms with Gasteiger partial charge in [0.1, 0.15) is 0 Å². The van der Waals surface area contributed by atoms with Gasteiger partial charge in [-0.15, -0.1) is 0 Å². The van der Waals surface area contributed by atoms with Crippen LogP contribution in [0.15, 0.2) is 0 Å². The summed E-state index contributed by atoms with van der Waals surface area (Å²) in [5, 5.41) is 8.48. The van der Waals surface area contributed by atoms with Crippen molar-refractivity contribution in [2.24, 2.45) is 11.3 Å². The summed E-state index contributed by atoms with van der Waals surface area (Å²) in [6.45, 7) is 8.38. The van der Waals surface area contributed by atoms with E-state index in [2.05, 4.69) is 20.8 Å². The van der Waals surface area contributed by atoms with Crippen LogP contribution in [0.4, 0.5) is 0 Å². The van der Waals surface area contributed by atoms with Gasteiger partial charge in [-0.05, 0) is 17.8 Å². The van der Waals surface area contributed by atoms with Crippen LogP contribution in [0, 0.1) is 11.3 Å². The monoisotopic (exact) mass is 197 g/mol. The van der Waals surface area contributed by atoms with Gasteiger partial charge >= 0.3 is 5.97 Å². The molecular formula is C9H18KO2. The van der Waals surface area contributed by atoms with E-state index in [-0.39, 0.29) is 69.1 Å². The van der Waals surface area contributed by atoms with E-state index in [1.54, 1.807) is 0 Å². The fourth-order valence-electron chi connectivity index (χ4n) is 1.42. The van der Waals surface area contributed by atoms with Crippen molar-refractivity contribution in [1.82, 2.24) is 0 Å². The van der Waals surface area contributed by atoms with Crippen molar-refractivity contribution in [3.05, 3.63) is 0 Å². The van der Waals surface area contributed by atoms with Gasteiger partial charge in [0.25, 0.3) is 0 Å². The van der Waals surface area contributed by atoms with E-state index in [1.807, 2.05) is 6.92 Å². The average Bonchev–Trinajstić information content (AvgIpc) is 1.53. The molecule has 0 rings (SSSR count). The summed E-state index contributed by atoms with van der Waals surface area (Å²) < 4.78 is 0. The normalized spacial score (nSPS) is 13.3. The first-order valence-electron chi connectivity index (χ1n) is 4.03. The Morgan fingerprint density at radius 3 is 2.08 bits per heavy atom. The molecule has 0 aromatic rings. The number of carboxylic acids is 1. The quantitative estimate of drug-likeness (QED) is 0.704. The molecule has 67 valence electrons. The van der Waals surface area contributed by atoms with Crippen molar-refractivity contribution in [3.8, 4) is 0 Å². The maximum absolute atomic E-state index is 10.3. The third kappa shape index (κ3) is 11.1. The minimum atomic E-state index is -0.693. The Morgan fingerprint density at radius 2 is 1.83 bits per heavy atom. The molecule has 0 aromatic heterocycles. The molecule has 0 bridgehead atoms. The Kier molecular flexibility index (Phi) is 8.49. The van der Waals surface area contributed by atoms with E-state index in [9.17, 15) is 4.79 Å². The molecule has 2 nitrogen and oxygen atoms in total. The molecule has 0 saturated heterocycles. The maximum Gasteiger partial charge on any atom is 0.303 e. The molecule has 1 N–H and O–H groups in total. The number of aliphatic carboxylic acids is 1. The number of rotatable bonds is 3. The first-order valence-corrected chi connectivity index (χ1v) is 4.03. The number of hydrogen-bond donors (Lipinski definition) is 1. The number of carboxylic acid groups (broad SMARTS) is 1. The van der Waals surface area contributed by atoms with Gasteiger partial charge in [0.05, 0.1) is 0 Å². The van der Waals surface area contributed by atoms with E-state index in [1.165, 1.54) is 0 Å². The largest absolute Gasteiger partial charge is 0.481 e. The molecule has 0 aliphatic rings. The van der Waals surface area contributed by atoms with Crippen LogP contribution in [-0.2, 0) is 4.79 Å². The Balaban J connectivity index is 0. The summed E-state index contributed by atoms with van der Waals surface area (Å²) in [5.74, 6) is -0.408. The molecule has 3 heteroatoms. The number of hydrogen-bond acceptors (Lipinski definition) is 1. The minimum Gasteiger partial charge on any atom is -0.481 e. The average molecular weight is 197 g/mol. The molecule has 1 radical (unpaired) electrons. The molecule has 0 aromatic carbocycles. The van der Waals surface area contributed by atoms with Crippen LogP contribution >= 0.6 is 0 Å². The van der Waals surface area contributed by atoms with Crippen LogP contribution in [0.25, 0.3) is 0 Å². The molecule has 0 amide bonds. The van der Waals surface area contributed by atoms with Crippen LogP contribution in [-0.4, -0.2) is 62.5 Å². The molecular weight excluding hydrogens is 179 g/mol. The molecule has 0 fully saturated rings. The Morgan fingerprint density at radius 1 is 1.42 bits per heavy atom. The summed E-state index contributed by atoms with van der Waals surface area (Å²) in [4.78, 5) is 10.3. The molecule has 0 heterocycles. The molecule has 1 unspecified atom stereocenters. The molecule has 0 saturated carbocycles. The second-order valence-electron chi connectivity index (χ2n) is 4.47. The molecule has 0 aliphatic carbocycles. The molecule has 0 spiro atoms. The van der Waals surface area contributed by atoms with Gasteiger partial charge in [-0.3, -0.25) is 4.79 Å².